The Bertz CT molecular complexity index is 1520. The van der Waals surface area contributed by atoms with Gasteiger partial charge in [-0.25, -0.2) is 14.8 Å². The summed E-state index contributed by atoms with van der Waals surface area (Å²) in [5.41, 5.74) is 3.37. The van der Waals surface area contributed by atoms with E-state index < -0.39 is 0 Å². The number of ether oxygens (including phenoxy) is 1. The van der Waals surface area contributed by atoms with Crippen LogP contribution in [-0.4, -0.2) is 38.8 Å². The van der Waals surface area contributed by atoms with Gasteiger partial charge < -0.3 is 10.1 Å². The van der Waals surface area contributed by atoms with Crippen LogP contribution in [0.3, 0.4) is 0 Å². The molecule has 0 radical (unpaired) electrons. The third-order valence-corrected chi connectivity index (χ3v) is 8.62. The van der Waals surface area contributed by atoms with Crippen LogP contribution in [0.15, 0.2) is 40.2 Å². The first kappa shape index (κ1) is 21.5. The van der Waals surface area contributed by atoms with E-state index in [1.807, 2.05) is 13.0 Å². The molecule has 1 fully saturated rings. The molecule has 1 aliphatic carbocycles. The van der Waals surface area contributed by atoms with Crippen molar-refractivity contribution in [1.29, 1.82) is 0 Å². The molecule has 4 heterocycles. The number of nitrogens with one attached hydrogen (secondary N) is 1. The van der Waals surface area contributed by atoms with Gasteiger partial charge in [0.25, 0.3) is 5.56 Å². The van der Waals surface area contributed by atoms with Gasteiger partial charge in [-0.05, 0) is 55.8 Å². The van der Waals surface area contributed by atoms with Gasteiger partial charge in [0.1, 0.15) is 20.8 Å². The Morgan fingerprint density at radius 3 is 2.88 bits per heavy atom. The Labute approximate surface area is 200 Å². The first-order valence-electron chi connectivity index (χ1n) is 11.9. The fourth-order valence-electron chi connectivity index (χ4n) is 6.02. The summed E-state index contributed by atoms with van der Waals surface area (Å²) >= 11 is 1.32. The van der Waals surface area contributed by atoms with Crippen LogP contribution in [0.2, 0.25) is 0 Å². The largest absolute Gasteiger partial charge is 0.496 e. The number of rotatable bonds is 5. The van der Waals surface area contributed by atoms with E-state index in [1.54, 1.807) is 24.1 Å². The zero-order chi connectivity index (χ0) is 23.4. The highest BCUT2D eigenvalue weighted by atomic mass is 32.1. The van der Waals surface area contributed by atoms with Crippen LogP contribution in [0.1, 0.15) is 36.8 Å². The van der Waals surface area contributed by atoms with Crippen molar-refractivity contribution < 1.29 is 4.74 Å². The van der Waals surface area contributed by atoms with Gasteiger partial charge in [0.2, 0.25) is 0 Å². The predicted molar refractivity (Wildman–Crippen MR) is 133 cm³/mol. The van der Waals surface area contributed by atoms with Gasteiger partial charge in [0.15, 0.2) is 0 Å². The van der Waals surface area contributed by atoms with Crippen molar-refractivity contribution in [3.63, 3.8) is 0 Å². The Morgan fingerprint density at radius 1 is 1.21 bits per heavy atom. The minimum absolute atomic E-state index is 0.207. The molecule has 1 N–H and O–H groups in total. The van der Waals surface area contributed by atoms with Crippen LogP contribution in [0.4, 0.5) is 0 Å². The van der Waals surface area contributed by atoms with Gasteiger partial charge in [0.05, 0.1) is 12.6 Å². The number of thiophene rings is 1. The van der Waals surface area contributed by atoms with Crippen molar-refractivity contribution in [1.82, 2.24) is 24.4 Å². The molecule has 0 bridgehead atoms. The van der Waals surface area contributed by atoms with E-state index in [4.69, 9.17) is 4.74 Å². The third-order valence-electron chi connectivity index (χ3n) is 7.55. The van der Waals surface area contributed by atoms with E-state index in [9.17, 15) is 9.59 Å². The summed E-state index contributed by atoms with van der Waals surface area (Å²) in [6.07, 6.45) is 6.08. The second-order valence-corrected chi connectivity index (χ2v) is 10.1. The van der Waals surface area contributed by atoms with Crippen molar-refractivity contribution in [2.24, 2.45) is 5.92 Å². The minimum Gasteiger partial charge on any atom is -0.496 e. The second kappa shape index (κ2) is 8.32. The van der Waals surface area contributed by atoms with Crippen LogP contribution in [0.25, 0.3) is 20.6 Å². The monoisotopic (exact) mass is 477 g/mol. The van der Waals surface area contributed by atoms with E-state index in [0.29, 0.717) is 51.9 Å². The molecular formula is C25H27N5O3S. The molecule has 8 nitrogen and oxygen atoms in total. The first-order valence-corrected chi connectivity index (χ1v) is 12.7. The lowest BCUT2D eigenvalue weighted by Gasteiger charge is -2.32. The van der Waals surface area contributed by atoms with Crippen molar-refractivity contribution in [3.05, 3.63) is 62.6 Å². The summed E-state index contributed by atoms with van der Waals surface area (Å²) in [5, 5.41) is 3.69. The van der Waals surface area contributed by atoms with Crippen LogP contribution in [0, 0.1) is 5.92 Å². The molecule has 0 saturated carbocycles. The molecule has 9 heteroatoms. The average molecular weight is 478 g/mol. The molecule has 2 aliphatic rings. The topological polar surface area (TPSA) is 91.0 Å². The number of aromatic nitrogens is 4. The third kappa shape index (κ3) is 3.14. The highest BCUT2D eigenvalue weighted by Crippen LogP contribution is 2.45. The van der Waals surface area contributed by atoms with Crippen molar-refractivity contribution >= 4 is 31.9 Å². The highest BCUT2D eigenvalue weighted by molar-refractivity contribution is 7.25. The number of benzene rings is 1. The predicted octanol–water partition coefficient (Wildman–Crippen LogP) is 2.90. The Kier molecular flexibility index (Phi) is 5.26. The number of hydrogen-bond donors (Lipinski definition) is 1. The molecule has 0 spiro atoms. The van der Waals surface area contributed by atoms with Crippen LogP contribution in [0.5, 0.6) is 5.75 Å². The zero-order valence-corrected chi connectivity index (χ0v) is 20.1. The Morgan fingerprint density at radius 2 is 2.06 bits per heavy atom. The molecule has 3 aromatic heterocycles. The normalized spacial score (nSPS) is 21.6. The van der Waals surface area contributed by atoms with Gasteiger partial charge in [-0.3, -0.25) is 13.9 Å². The molecule has 1 aromatic carbocycles. The van der Waals surface area contributed by atoms with Crippen molar-refractivity contribution in [3.8, 4) is 5.75 Å². The van der Waals surface area contributed by atoms with Crippen LogP contribution >= 0.6 is 11.3 Å². The van der Waals surface area contributed by atoms with E-state index in [2.05, 4.69) is 27.4 Å². The van der Waals surface area contributed by atoms with Gasteiger partial charge in [0, 0.05) is 37.4 Å². The van der Waals surface area contributed by atoms with Crippen LogP contribution in [-0.2, 0) is 19.5 Å². The summed E-state index contributed by atoms with van der Waals surface area (Å²) in [6, 6.07) is 6.53. The van der Waals surface area contributed by atoms with Crippen LogP contribution < -0.4 is 21.3 Å². The Balaban J connectivity index is 1.37. The molecule has 1 saturated heterocycles. The number of hydrogen-bond acceptors (Lipinski definition) is 7. The van der Waals surface area contributed by atoms with Gasteiger partial charge in [-0.2, -0.15) is 0 Å². The van der Waals surface area contributed by atoms with Crippen molar-refractivity contribution in [2.75, 3.05) is 13.7 Å². The lowest BCUT2D eigenvalue weighted by Crippen LogP contribution is -2.41. The average Bonchev–Trinajstić information content (AvgIpc) is 3.46. The van der Waals surface area contributed by atoms with E-state index in [-0.39, 0.29) is 17.3 Å². The maximum absolute atomic E-state index is 13.4. The van der Waals surface area contributed by atoms with E-state index in [0.717, 1.165) is 25.1 Å². The van der Waals surface area contributed by atoms with E-state index in [1.165, 1.54) is 27.0 Å². The molecule has 1 unspecified atom stereocenters. The number of methoxy groups -OCH3 is 1. The number of aryl methyl sites for hydroxylation is 1. The van der Waals surface area contributed by atoms with Gasteiger partial charge >= 0.3 is 5.69 Å². The number of nitrogens with zero attached hydrogens (tertiary/aromatic N) is 4. The standard InChI is InChI=1S/C25H27N5O3S/c1-3-29-21-20-23(27-11-10-26-20)34-22(21)24(31)30(25(29)32)12-9-17-19-14(13-28-17)7-8-15-16(19)5-4-6-18(15)33-2/h4-6,10-11,14,17,19,28H,3,7-9,12-13H2,1-2H3/t14-,17?,19+/m0/s1. The Hall–Kier alpha value is -3.04. The van der Waals surface area contributed by atoms with E-state index >= 15 is 0 Å². The molecule has 176 valence electrons. The quantitative estimate of drug-likeness (QED) is 0.475. The zero-order valence-electron chi connectivity index (χ0n) is 19.3. The highest BCUT2D eigenvalue weighted by Gasteiger charge is 2.40. The number of fused-ring (bicyclic) bond motifs is 6. The molecule has 34 heavy (non-hydrogen) atoms. The fraction of sp³-hybridized carbons (Fsp3) is 0.440. The molecule has 0 amide bonds. The smallest absolute Gasteiger partial charge is 0.331 e. The van der Waals surface area contributed by atoms with Gasteiger partial charge in [-0.15, -0.1) is 11.3 Å². The molecule has 4 aromatic rings. The molecular weight excluding hydrogens is 450 g/mol. The maximum Gasteiger partial charge on any atom is 0.331 e. The lowest BCUT2D eigenvalue weighted by molar-refractivity contribution is 0.370. The first-order chi connectivity index (χ1) is 16.6. The maximum atomic E-state index is 13.4. The second-order valence-electron chi connectivity index (χ2n) is 9.13. The molecule has 1 aliphatic heterocycles. The summed E-state index contributed by atoms with van der Waals surface area (Å²) < 4.78 is 9.25. The summed E-state index contributed by atoms with van der Waals surface area (Å²) in [5.74, 6) is 1.89. The van der Waals surface area contributed by atoms with Gasteiger partial charge in [-0.1, -0.05) is 12.1 Å². The lowest BCUT2D eigenvalue weighted by atomic mass is 9.73. The van der Waals surface area contributed by atoms with Crippen molar-refractivity contribution in [2.45, 2.75) is 51.2 Å². The minimum atomic E-state index is -0.273. The molecule has 3 atom stereocenters. The fourth-order valence-corrected chi connectivity index (χ4v) is 7.08. The summed E-state index contributed by atoms with van der Waals surface area (Å²) in [7, 11) is 1.73. The SMILES string of the molecule is CCn1c(=O)n(CCC2NC[C@@H]3CCc4c(OC)cccc4[C@H]23)c(=O)c2sc3nccnc3c21. The summed E-state index contributed by atoms with van der Waals surface area (Å²) in [6.45, 7) is 3.73. The summed E-state index contributed by atoms with van der Waals surface area (Å²) in [4.78, 5) is 36.3. The molecule has 6 rings (SSSR count).